The Hall–Kier alpha value is -2.20. The number of carbonyl (C=O) groups is 1. The molecule has 2 rings (SSSR count). The molecule has 0 heterocycles. The number of rotatable bonds is 6. The van der Waals surface area contributed by atoms with Crippen LogP contribution in [0.25, 0.3) is 0 Å². The maximum atomic E-state index is 11.0. The van der Waals surface area contributed by atoms with E-state index in [-0.39, 0.29) is 6.61 Å². The van der Waals surface area contributed by atoms with Crippen molar-refractivity contribution in [1.29, 1.82) is 0 Å². The summed E-state index contributed by atoms with van der Waals surface area (Å²) < 4.78 is 9.78. The van der Waals surface area contributed by atoms with Crippen LogP contribution < -0.4 is 10.1 Å². The second-order valence-corrected chi connectivity index (χ2v) is 4.81. The van der Waals surface area contributed by atoms with Gasteiger partial charge in [-0.3, -0.25) is 0 Å². The number of nitrogens with one attached hydrogen (secondary N) is 1. The van der Waals surface area contributed by atoms with Gasteiger partial charge in [-0.2, -0.15) is 0 Å². The number of halogens is 1. The maximum absolute atomic E-state index is 11.0. The smallest absolute Gasteiger partial charge is 0.343 e. The van der Waals surface area contributed by atoms with E-state index in [1.54, 1.807) is 12.1 Å². The fraction of sp³-hybridized carbons (Fsp3) is 0.188. The van der Waals surface area contributed by atoms with Crippen LogP contribution in [0, 0.1) is 0 Å². The van der Waals surface area contributed by atoms with Gasteiger partial charge in [-0.25, -0.2) is 4.79 Å². The molecule has 0 aromatic heterocycles. The highest BCUT2D eigenvalue weighted by atomic mass is 35.5. The van der Waals surface area contributed by atoms with Crippen molar-refractivity contribution in [2.45, 2.75) is 6.54 Å². The van der Waals surface area contributed by atoms with E-state index in [4.69, 9.17) is 16.3 Å². The van der Waals surface area contributed by atoms with Crippen molar-refractivity contribution in [2.75, 3.05) is 19.0 Å². The van der Waals surface area contributed by atoms with Crippen LogP contribution in [0.5, 0.6) is 5.75 Å². The SMILES string of the molecule is COC(=O)COc1ccc(NCc2cccc(Cl)c2)cc1. The molecule has 4 nitrogen and oxygen atoms in total. The molecule has 0 unspecified atom stereocenters. The van der Waals surface area contributed by atoms with Gasteiger partial charge in [0, 0.05) is 17.3 Å². The lowest BCUT2D eigenvalue weighted by Gasteiger charge is -2.09. The quantitative estimate of drug-likeness (QED) is 0.830. The number of methoxy groups -OCH3 is 1. The Labute approximate surface area is 128 Å². The van der Waals surface area contributed by atoms with Gasteiger partial charge >= 0.3 is 5.97 Å². The van der Waals surface area contributed by atoms with Crippen molar-refractivity contribution in [3.05, 3.63) is 59.1 Å². The zero-order valence-electron chi connectivity index (χ0n) is 11.6. The first-order valence-electron chi connectivity index (χ1n) is 6.45. The molecule has 21 heavy (non-hydrogen) atoms. The van der Waals surface area contributed by atoms with E-state index in [2.05, 4.69) is 10.1 Å². The minimum Gasteiger partial charge on any atom is -0.482 e. The third-order valence-electron chi connectivity index (χ3n) is 2.82. The summed E-state index contributed by atoms with van der Waals surface area (Å²) in [4.78, 5) is 11.0. The van der Waals surface area contributed by atoms with Crippen molar-refractivity contribution < 1.29 is 14.3 Å². The Morgan fingerprint density at radius 1 is 1.19 bits per heavy atom. The lowest BCUT2D eigenvalue weighted by atomic mass is 10.2. The summed E-state index contributed by atoms with van der Waals surface area (Å²) in [6.07, 6.45) is 0. The van der Waals surface area contributed by atoms with Crippen LogP contribution in [0.3, 0.4) is 0 Å². The second kappa shape index (κ2) is 7.55. The van der Waals surface area contributed by atoms with E-state index >= 15 is 0 Å². The Morgan fingerprint density at radius 2 is 1.95 bits per heavy atom. The standard InChI is InChI=1S/C16H16ClNO3/c1-20-16(19)11-21-15-7-5-14(6-8-15)18-10-12-3-2-4-13(17)9-12/h2-9,18H,10-11H2,1H3. The molecule has 0 bridgehead atoms. The summed E-state index contributed by atoms with van der Waals surface area (Å²) in [7, 11) is 1.33. The minimum absolute atomic E-state index is 0.0915. The number of esters is 1. The zero-order chi connectivity index (χ0) is 15.1. The van der Waals surface area contributed by atoms with Gasteiger partial charge in [-0.15, -0.1) is 0 Å². The van der Waals surface area contributed by atoms with Crippen LogP contribution in [0.4, 0.5) is 5.69 Å². The molecule has 0 radical (unpaired) electrons. The van der Waals surface area contributed by atoms with Crippen LogP contribution in [0.2, 0.25) is 5.02 Å². The number of carbonyl (C=O) groups excluding carboxylic acids is 1. The molecule has 0 spiro atoms. The lowest BCUT2D eigenvalue weighted by molar-refractivity contribution is -0.142. The third kappa shape index (κ3) is 5.00. The second-order valence-electron chi connectivity index (χ2n) is 4.37. The largest absolute Gasteiger partial charge is 0.482 e. The average molecular weight is 306 g/mol. The Balaban J connectivity index is 1.86. The zero-order valence-corrected chi connectivity index (χ0v) is 12.4. The minimum atomic E-state index is -0.404. The molecule has 5 heteroatoms. The third-order valence-corrected chi connectivity index (χ3v) is 3.06. The first-order chi connectivity index (χ1) is 10.2. The first kappa shape index (κ1) is 15.2. The summed E-state index contributed by atoms with van der Waals surface area (Å²) in [5, 5.41) is 4.01. The maximum Gasteiger partial charge on any atom is 0.343 e. The molecular formula is C16H16ClNO3. The molecule has 0 aliphatic carbocycles. The summed E-state index contributed by atoms with van der Waals surface area (Å²) >= 11 is 5.94. The summed E-state index contributed by atoms with van der Waals surface area (Å²) in [6.45, 7) is 0.592. The molecular weight excluding hydrogens is 290 g/mol. The van der Waals surface area contributed by atoms with E-state index in [1.165, 1.54) is 7.11 Å². The molecule has 0 amide bonds. The van der Waals surface area contributed by atoms with Gasteiger partial charge in [0.1, 0.15) is 5.75 Å². The molecule has 0 aliphatic rings. The van der Waals surface area contributed by atoms with Crippen molar-refractivity contribution >= 4 is 23.3 Å². The average Bonchev–Trinajstić information content (AvgIpc) is 2.51. The van der Waals surface area contributed by atoms with Gasteiger partial charge in [0.15, 0.2) is 6.61 Å². The van der Waals surface area contributed by atoms with Crippen LogP contribution in [0.1, 0.15) is 5.56 Å². The Kier molecular flexibility index (Phi) is 5.46. The summed E-state index contributed by atoms with van der Waals surface area (Å²) in [6, 6.07) is 15.1. The monoisotopic (exact) mass is 305 g/mol. The van der Waals surface area contributed by atoms with Gasteiger partial charge in [0.2, 0.25) is 0 Å². The number of ether oxygens (including phenoxy) is 2. The van der Waals surface area contributed by atoms with Gasteiger partial charge in [0.05, 0.1) is 7.11 Å². The molecule has 110 valence electrons. The Bertz CT molecular complexity index is 599. The fourth-order valence-electron chi connectivity index (χ4n) is 1.72. The van der Waals surface area contributed by atoms with Gasteiger partial charge in [-0.05, 0) is 42.0 Å². The molecule has 0 saturated carbocycles. The highest BCUT2D eigenvalue weighted by Crippen LogP contribution is 2.17. The predicted molar refractivity (Wildman–Crippen MR) is 82.7 cm³/mol. The molecule has 0 saturated heterocycles. The molecule has 0 fully saturated rings. The van der Waals surface area contributed by atoms with E-state index in [0.29, 0.717) is 12.3 Å². The van der Waals surface area contributed by atoms with Crippen molar-refractivity contribution in [2.24, 2.45) is 0 Å². The molecule has 2 aromatic rings. The fourth-order valence-corrected chi connectivity index (χ4v) is 1.93. The highest BCUT2D eigenvalue weighted by Gasteiger charge is 2.01. The normalized spacial score (nSPS) is 10.0. The molecule has 0 atom stereocenters. The van der Waals surface area contributed by atoms with Crippen LogP contribution in [-0.2, 0) is 16.1 Å². The molecule has 1 N–H and O–H groups in total. The van der Waals surface area contributed by atoms with Crippen LogP contribution in [0.15, 0.2) is 48.5 Å². The van der Waals surface area contributed by atoms with Crippen molar-refractivity contribution in [1.82, 2.24) is 0 Å². The predicted octanol–water partition coefficient (Wildman–Crippen LogP) is 3.50. The number of benzene rings is 2. The molecule has 2 aromatic carbocycles. The van der Waals surface area contributed by atoms with Crippen molar-refractivity contribution in [3.8, 4) is 5.75 Å². The topological polar surface area (TPSA) is 47.6 Å². The first-order valence-corrected chi connectivity index (χ1v) is 6.83. The van der Waals surface area contributed by atoms with E-state index < -0.39 is 5.97 Å². The highest BCUT2D eigenvalue weighted by molar-refractivity contribution is 6.30. The van der Waals surface area contributed by atoms with E-state index in [0.717, 1.165) is 16.3 Å². The number of hydrogen-bond donors (Lipinski definition) is 1. The lowest BCUT2D eigenvalue weighted by Crippen LogP contribution is -2.12. The van der Waals surface area contributed by atoms with E-state index in [1.807, 2.05) is 36.4 Å². The van der Waals surface area contributed by atoms with Gasteiger partial charge in [-0.1, -0.05) is 23.7 Å². The summed E-state index contributed by atoms with van der Waals surface area (Å²) in [5.41, 5.74) is 2.06. The van der Waals surface area contributed by atoms with Crippen molar-refractivity contribution in [3.63, 3.8) is 0 Å². The van der Waals surface area contributed by atoms with Crippen LogP contribution in [-0.4, -0.2) is 19.7 Å². The molecule has 0 aliphatic heterocycles. The Morgan fingerprint density at radius 3 is 2.62 bits per heavy atom. The number of hydrogen-bond acceptors (Lipinski definition) is 4. The van der Waals surface area contributed by atoms with Gasteiger partial charge in [0.25, 0.3) is 0 Å². The van der Waals surface area contributed by atoms with Crippen LogP contribution >= 0.6 is 11.6 Å². The van der Waals surface area contributed by atoms with E-state index in [9.17, 15) is 4.79 Å². The number of anilines is 1. The summed E-state index contributed by atoms with van der Waals surface area (Å²) in [5.74, 6) is 0.215. The van der Waals surface area contributed by atoms with Gasteiger partial charge < -0.3 is 14.8 Å².